The van der Waals surface area contributed by atoms with Gasteiger partial charge in [0.25, 0.3) is 0 Å². The van der Waals surface area contributed by atoms with Gasteiger partial charge in [0, 0.05) is 18.0 Å². The SMILES string of the molecule is O=C(O)C1CCCC2C[C@@H]3[C@@H](C=C[C@H](O)CC4CCCCCC4)[C@H](O)C[C@H]3N21. The van der Waals surface area contributed by atoms with Gasteiger partial charge in [0.05, 0.1) is 12.2 Å². The van der Waals surface area contributed by atoms with Crippen molar-refractivity contribution in [2.24, 2.45) is 17.8 Å². The molecule has 2 aliphatic heterocycles. The molecule has 2 unspecified atom stereocenters. The summed E-state index contributed by atoms with van der Waals surface area (Å²) in [6, 6.07) is 0.142. The van der Waals surface area contributed by atoms with Crippen LogP contribution in [0.25, 0.3) is 0 Å². The van der Waals surface area contributed by atoms with Crippen molar-refractivity contribution >= 4 is 5.97 Å². The topological polar surface area (TPSA) is 81.0 Å². The zero-order valence-electron chi connectivity index (χ0n) is 17.0. The van der Waals surface area contributed by atoms with Crippen LogP contribution in [0.5, 0.6) is 0 Å². The molecule has 158 valence electrons. The molecule has 7 atom stereocenters. The highest BCUT2D eigenvalue weighted by Gasteiger charge is 2.54. The van der Waals surface area contributed by atoms with Crippen molar-refractivity contribution in [3.8, 4) is 0 Å². The number of carbonyl (C=O) groups is 1. The summed E-state index contributed by atoms with van der Waals surface area (Å²) in [7, 11) is 0. The number of carboxylic acid groups (broad SMARTS) is 1. The maximum atomic E-state index is 11.7. The smallest absolute Gasteiger partial charge is 0.320 e. The third-order valence-electron chi connectivity index (χ3n) is 8.03. The van der Waals surface area contributed by atoms with Crippen molar-refractivity contribution in [1.82, 2.24) is 4.90 Å². The number of nitrogens with zero attached hydrogens (tertiary/aromatic N) is 1. The predicted octanol–water partition coefficient (Wildman–Crippen LogP) is 3.34. The second-order valence-corrected chi connectivity index (χ2v) is 9.78. The molecule has 0 amide bonds. The van der Waals surface area contributed by atoms with E-state index in [2.05, 4.69) is 11.0 Å². The maximum absolute atomic E-state index is 11.7. The molecule has 0 bridgehead atoms. The van der Waals surface area contributed by atoms with Gasteiger partial charge in [-0.3, -0.25) is 9.69 Å². The van der Waals surface area contributed by atoms with Gasteiger partial charge in [-0.05, 0) is 50.4 Å². The number of carboxylic acids is 1. The molecule has 5 nitrogen and oxygen atoms in total. The van der Waals surface area contributed by atoms with E-state index in [1.165, 1.54) is 38.5 Å². The molecule has 0 aromatic heterocycles. The van der Waals surface area contributed by atoms with Crippen LogP contribution in [0, 0.1) is 17.8 Å². The fourth-order valence-corrected chi connectivity index (χ4v) is 6.73. The van der Waals surface area contributed by atoms with Crippen LogP contribution in [0.2, 0.25) is 0 Å². The van der Waals surface area contributed by atoms with Gasteiger partial charge in [0.2, 0.25) is 0 Å². The van der Waals surface area contributed by atoms with E-state index in [1.54, 1.807) is 0 Å². The number of rotatable bonds is 5. The highest BCUT2D eigenvalue weighted by molar-refractivity contribution is 5.73. The number of piperidine rings is 1. The predicted molar refractivity (Wildman–Crippen MR) is 108 cm³/mol. The van der Waals surface area contributed by atoms with Crippen molar-refractivity contribution in [1.29, 1.82) is 0 Å². The molecule has 2 saturated carbocycles. The molecule has 0 aromatic carbocycles. The Bertz CT molecular complexity index is 571. The Kier molecular flexibility index (Phi) is 6.43. The van der Waals surface area contributed by atoms with Gasteiger partial charge in [-0.2, -0.15) is 0 Å². The first-order valence-electron chi connectivity index (χ1n) is 11.6. The third kappa shape index (κ3) is 4.17. The van der Waals surface area contributed by atoms with Crippen LogP contribution in [0.3, 0.4) is 0 Å². The summed E-state index contributed by atoms with van der Waals surface area (Å²) in [6.45, 7) is 0. The van der Waals surface area contributed by atoms with Gasteiger partial charge in [0.1, 0.15) is 6.04 Å². The van der Waals surface area contributed by atoms with E-state index in [-0.39, 0.29) is 18.0 Å². The van der Waals surface area contributed by atoms with Crippen molar-refractivity contribution in [3.05, 3.63) is 12.2 Å². The lowest BCUT2D eigenvalue weighted by molar-refractivity contribution is -0.146. The monoisotopic (exact) mass is 391 g/mol. The first-order chi connectivity index (χ1) is 13.5. The first kappa shape index (κ1) is 20.4. The number of aliphatic hydroxyl groups excluding tert-OH is 2. The van der Waals surface area contributed by atoms with Crippen LogP contribution < -0.4 is 0 Å². The molecule has 28 heavy (non-hydrogen) atoms. The average molecular weight is 392 g/mol. The number of hydrogen-bond acceptors (Lipinski definition) is 4. The molecule has 0 spiro atoms. The Balaban J connectivity index is 1.38. The van der Waals surface area contributed by atoms with Crippen LogP contribution in [0.15, 0.2) is 12.2 Å². The lowest BCUT2D eigenvalue weighted by Crippen LogP contribution is -2.51. The molecule has 0 aromatic rings. The van der Waals surface area contributed by atoms with E-state index < -0.39 is 18.2 Å². The van der Waals surface area contributed by atoms with Gasteiger partial charge in [-0.25, -0.2) is 0 Å². The van der Waals surface area contributed by atoms with Gasteiger partial charge >= 0.3 is 5.97 Å². The number of aliphatic hydroxyl groups is 2. The molecule has 3 N–H and O–H groups in total. The number of fused-ring (bicyclic) bond motifs is 3. The van der Waals surface area contributed by atoms with Crippen molar-refractivity contribution < 1.29 is 20.1 Å². The summed E-state index contributed by atoms with van der Waals surface area (Å²) in [5.41, 5.74) is 0. The lowest BCUT2D eigenvalue weighted by Gasteiger charge is -2.38. The molecule has 2 heterocycles. The fourth-order valence-electron chi connectivity index (χ4n) is 6.73. The van der Waals surface area contributed by atoms with E-state index in [4.69, 9.17) is 0 Å². The standard InChI is InChI=1S/C23H37NO4/c25-17(12-15-6-3-1-2-4-7-15)10-11-18-19-13-16-8-5-9-20(23(27)28)24(16)21(19)14-22(18)26/h10-11,15-22,25-26H,1-9,12-14H2,(H,27,28)/t16?,17-,18+,19+,20?,21+,22+/m0/s1. The molecule has 2 saturated heterocycles. The lowest BCUT2D eigenvalue weighted by atomic mass is 9.88. The molecule has 4 aliphatic rings. The summed E-state index contributed by atoms with van der Waals surface area (Å²) >= 11 is 0. The Morgan fingerprint density at radius 1 is 1.04 bits per heavy atom. The second kappa shape index (κ2) is 8.85. The van der Waals surface area contributed by atoms with Gasteiger partial charge in [-0.15, -0.1) is 0 Å². The molecular weight excluding hydrogens is 354 g/mol. The minimum absolute atomic E-state index is 0.0498. The van der Waals surface area contributed by atoms with Gasteiger partial charge in [-0.1, -0.05) is 50.7 Å². The quantitative estimate of drug-likeness (QED) is 0.495. The number of hydrogen-bond donors (Lipinski definition) is 3. The minimum Gasteiger partial charge on any atom is -0.480 e. The zero-order valence-corrected chi connectivity index (χ0v) is 17.0. The summed E-state index contributed by atoms with van der Waals surface area (Å²) < 4.78 is 0. The Labute approximate surface area is 168 Å². The highest BCUT2D eigenvalue weighted by atomic mass is 16.4. The van der Waals surface area contributed by atoms with Crippen LogP contribution in [-0.2, 0) is 4.79 Å². The molecule has 0 radical (unpaired) electrons. The Hall–Kier alpha value is -0.910. The molecule has 2 aliphatic carbocycles. The van der Waals surface area contributed by atoms with Gasteiger partial charge < -0.3 is 15.3 Å². The average Bonchev–Trinajstić information content (AvgIpc) is 3.02. The number of aliphatic carboxylic acids is 1. The maximum Gasteiger partial charge on any atom is 0.320 e. The van der Waals surface area contributed by atoms with E-state index in [1.807, 2.05) is 6.08 Å². The minimum atomic E-state index is -0.711. The van der Waals surface area contributed by atoms with Gasteiger partial charge in [0.15, 0.2) is 0 Å². The summed E-state index contributed by atoms with van der Waals surface area (Å²) in [5, 5.41) is 30.9. The summed E-state index contributed by atoms with van der Waals surface area (Å²) in [6.07, 6.45) is 16.1. The fraction of sp³-hybridized carbons (Fsp3) is 0.870. The van der Waals surface area contributed by atoms with Crippen LogP contribution in [0.1, 0.15) is 77.0 Å². The van der Waals surface area contributed by atoms with E-state index in [9.17, 15) is 20.1 Å². The Morgan fingerprint density at radius 3 is 2.50 bits per heavy atom. The van der Waals surface area contributed by atoms with E-state index in [0.29, 0.717) is 24.3 Å². The summed E-state index contributed by atoms with van der Waals surface area (Å²) in [4.78, 5) is 13.9. The molecule has 4 fully saturated rings. The van der Waals surface area contributed by atoms with Crippen LogP contribution in [0.4, 0.5) is 0 Å². The highest BCUT2D eigenvalue weighted by Crippen LogP contribution is 2.49. The molecular formula is C23H37NO4. The largest absolute Gasteiger partial charge is 0.480 e. The van der Waals surface area contributed by atoms with Crippen molar-refractivity contribution in [2.75, 3.05) is 0 Å². The van der Waals surface area contributed by atoms with Crippen molar-refractivity contribution in [3.63, 3.8) is 0 Å². The van der Waals surface area contributed by atoms with E-state index in [0.717, 1.165) is 32.1 Å². The molecule has 4 rings (SSSR count). The zero-order chi connectivity index (χ0) is 19.7. The van der Waals surface area contributed by atoms with Crippen LogP contribution >= 0.6 is 0 Å². The normalized spacial score (nSPS) is 40.9. The third-order valence-corrected chi connectivity index (χ3v) is 8.03. The second-order valence-electron chi connectivity index (χ2n) is 9.78. The summed E-state index contributed by atoms with van der Waals surface area (Å²) in [5.74, 6) is 0.285. The van der Waals surface area contributed by atoms with E-state index >= 15 is 0 Å². The van der Waals surface area contributed by atoms with Crippen LogP contribution in [-0.4, -0.2) is 56.5 Å². The first-order valence-corrected chi connectivity index (χ1v) is 11.6. The molecule has 5 heteroatoms. The Morgan fingerprint density at radius 2 is 1.79 bits per heavy atom. The van der Waals surface area contributed by atoms with Crippen molar-refractivity contribution in [2.45, 2.75) is 107 Å².